The molecule has 1 aromatic heterocycles. The molecule has 0 radical (unpaired) electrons. The van der Waals surface area contributed by atoms with E-state index in [1.807, 2.05) is 74.5 Å². The fourth-order valence-corrected chi connectivity index (χ4v) is 4.22. The minimum Gasteiger partial charge on any atom is -0.280 e. The van der Waals surface area contributed by atoms with Crippen LogP contribution in [0, 0.1) is 6.92 Å². The molecule has 3 rings (SSSR count). The van der Waals surface area contributed by atoms with Crippen molar-refractivity contribution in [2.24, 2.45) is 0 Å². The molecule has 0 aliphatic carbocycles. The molecule has 1 N–H and O–H groups in total. The Hall–Kier alpha value is -2.60. The van der Waals surface area contributed by atoms with Gasteiger partial charge in [0.2, 0.25) is 10.0 Å². The minimum atomic E-state index is -3.48. The zero-order valence-corrected chi connectivity index (χ0v) is 15.1. The number of nitrogens with zero attached hydrogens (tertiary/aromatic N) is 2. The Bertz CT molecular complexity index is 935. The molecule has 3 aromatic rings. The third-order valence-corrected chi connectivity index (χ3v) is 5.58. The van der Waals surface area contributed by atoms with Crippen LogP contribution in [-0.2, 0) is 10.0 Å². The van der Waals surface area contributed by atoms with Gasteiger partial charge < -0.3 is 0 Å². The van der Waals surface area contributed by atoms with Gasteiger partial charge in [-0.25, -0.2) is 13.1 Å². The number of sulfonamides is 1. The summed E-state index contributed by atoms with van der Waals surface area (Å²) in [6, 6.07) is 19.3. The molecule has 6 heteroatoms. The van der Waals surface area contributed by atoms with Crippen LogP contribution in [-0.4, -0.2) is 24.0 Å². The lowest BCUT2D eigenvalue weighted by Crippen LogP contribution is -2.20. The molecular weight excluding hydrogens is 334 g/mol. The van der Waals surface area contributed by atoms with Crippen LogP contribution in [0.3, 0.4) is 0 Å². The number of para-hydroxylation sites is 1. The van der Waals surface area contributed by atoms with Gasteiger partial charge in [0.15, 0.2) is 0 Å². The largest absolute Gasteiger partial charge is 0.280 e. The van der Waals surface area contributed by atoms with Gasteiger partial charge in [-0.3, -0.25) is 4.72 Å². The van der Waals surface area contributed by atoms with Crippen molar-refractivity contribution in [2.75, 3.05) is 10.5 Å². The molecule has 0 saturated heterocycles. The van der Waals surface area contributed by atoms with E-state index in [0.717, 1.165) is 16.9 Å². The number of nitrogens with one attached hydrogen (secondary N) is 1. The third kappa shape index (κ3) is 4.09. The highest BCUT2D eigenvalue weighted by Gasteiger charge is 2.19. The summed E-state index contributed by atoms with van der Waals surface area (Å²) < 4.78 is 29.5. The molecule has 0 amide bonds. The van der Waals surface area contributed by atoms with Gasteiger partial charge >= 0.3 is 0 Å². The second-order valence-corrected chi connectivity index (χ2v) is 7.85. The molecule has 5 nitrogen and oxygen atoms in total. The van der Waals surface area contributed by atoms with E-state index < -0.39 is 10.0 Å². The Balaban J connectivity index is 1.77. The summed E-state index contributed by atoms with van der Waals surface area (Å²) in [4.78, 5) is 0. The van der Waals surface area contributed by atoms with Crippen molar-refractivity contribution in [3.63, 3.8) is 0 Å². The van der Waals surface area contributed by atoms with Crippen LogP contribution >= 0.6 is 0 Å². The van der Waals surface area contributed by atoms with E-state index >= 15 is 0 Å². The van der Waals surface area contributed by atoms with Crippen LogP contribution in [0.5, 0.6) is 0 Å². The van der Waals surface area contributed by atoms with Crippen molar-refractivity contribution >= 4 is 15.7 Å². The SMILES string of the molecule is Cc1c(NS(=O)(=O)C[C@@H](C)c2ccccc2)cnn1-c1ccccc1. The predicted molar refractivity (Wildman–Crippen MR) is 101 cm³/mol. The van der Waals surface area contributed by atoms with Crippen molar-refractivity contribution < 1.29 is 8.42 Å². The van der Waals surface area contributed by atoms with E-state index in [0.29, 0.717) is 5.69 Å². The Morgan fingerprint density at radius 1 is 1.04 bits per heavy atom. The smallest absolute Gasteiger partial charge is 0.233 e. The summed E-state index contributed by atoms with van der Waals surface area (Å²) in [5.41, 5.74) is 3.15. The molecule has 0 aliphatic heterocycles. The first-order valence-electron chi connectivity index (χ1n) is 8.12. The molecule has 0 unspecified atom stereocenters. The number of aromatic nitrogens is 2. The van der Waals surface area contributed by atoms with Gasteiger partial charge in [0.05, 0.1) is 29.0 Å². The standard InChI is InChI=1S/C19H21N3O2S/c1-15(17-9-5-3-6-10-17)14-25(23,24)21-19-13-20-22(16(19)2)18-11-7-4-8-12-18/h3-13,15,21H,14H2,1-2H3/t15-/m1/s1. The zero-order chi connectivity index (χ0) is 17.9. The van der Waals surface area contributed by atoms with Crippen molar-refractivity contribution in [3.8, 4) is 5.69 Å². The summed E-state index contributed by atoms with van der Waals surface area (Å²) in [5.74, 6) is -0.0735. The third-order valence-electron chi connectivity index (χ3n) is 4.11. The normalized spacial score (nSPS) is 12.7. The molecule has 0 aliphatic rings. The fraction of sp³-hybridized carbons (Fsp3) is 0.211. The van der Waals surface area contributed by atoms with E-state index in [-0.39, 0.29) is 11.7 Å². The van der Waals surface area contributed by atoms with E-state index in [2.05, 4.69) is 9.82 Å². The first-order valence-corrected chi connectivity index (χ1v) is 9.77. The topological polar surface area (TPSA) is 64.0 Å². The van der Waals surface area contributed by atoms with Gasteiger partial charge in [-0.05, 0) is 30.5 Å². The lowest BCUT2D eigenvalue weighted by atomic mass is 10.0. The Kier molecular flexibility index (Phi) is 4.90. The highest BCUT2D eigenvalue weighted by Crippen LogP contribution is 2.22. The van der Waals surface area contributed by atoms with Crippen molar-refractivity contribution in [1.29, 1.82) is 0 Å². The first kappa shape index (κ1) is 17.2. The monoisotopic (exact) mass is 355 g/mol. The molecule has 0 fully saturated rings. The average Bonchev–Trinajstić information content (AvgIpc) is 2.96. The number of benzene rings is 2. The van der Waals surface area contributed by atoms with E-state index in [1.165, 1.54) is 0 Å². The lowest BCUT2D eigenvalue weighted by Gasteiger charge is -2.14. The summed E-state index contributed by atoms with van der Waals surface area (Å²) in [6.07, 6.45) is 1.55. The van der Waals surface area contributed by atoms with E-state index in [9.17, 15) is 8.42 Å². The van der Waals surface area contributed by atoms with Crippen LogP contribution in [0.25, 0.3) is 5.69 Å². The highest BCUT2D eigenvalue weighted by molar-refractivity contribution is 7.92. The summed E-state index contributed by atoms with van der Waals surface area (Å²) >= 11 is 0. The van der Waals surface area contributed by atoms with Gasteiger partial charge in [-0.15, -0.1) is 0 Å². The first-order chi connectivity index (χ1) is 12.0. The fourth-order valence-electron chi connectivity index (χ4n) is 2.76. The number of anilines is 1. The molecule has 1 atom stereocenters. The summed E-state index contributed by atoms with van der Waals surface area (Å²) in [5, 5.41) is 4.30. The summed E-state index contributed by atoms with van der Waals surface area (Å²) in [7, 11) is -3.48. The highest BCUT2D eigenvalue weighted by atomic mass is 32.2. The Morgan fingerprint density at radius 3 is 2.28 bits per heavy atom. The van der Waals surface area contributed by atoms with Crippen LogP contribution < -0.4 is 4.72 Å². The quantitative estimate of drug-likeness (QED) is 0.733. The molecule has 0 spiro atoms. The van der Waals surface area contributed by atoms with Crippen LogP contribution in [0.1, 0.15) is 24.1 Å². The molecule has 25 heavy (non-hydrogen) atoms. The van der Waals surface area contributed by atoms with Gasteiger partial charge in [0, 0.05) is 0 Å². The Morgan fingerprint density at radius 2 is 1.64 bits per heavy atom. The lowest BCUT2D eigenvalue weighted by molar-refractivity contribution is 0.595. The maximum absolute atomic E-state index is 12.5. The van der Waals surface area contributed by atoms with Crippen molar-refractivity contribution in [3.05, 3.63) is 78.1 Å². The van der Waals surface area contributed by atoms with Gasteiger partial charge in [-0.2, -0.15) is 5.10 Å². The van der Waals surface area contributed by atoms with Crippen LogP contribution in [0.15, 0.2) is 66.9 Å². The zero-order valence-electron chi connectivity index (χ0n) is 14.3. The summed E-state index contributed by atoms with van der Waals surface area (Å²) in [6.45, 7) is 3.76. The van der Waals surface area contributed by atoms with Crippen LogP contribution in [0.2, 0.25) is 0 Å². The number of hydrogen-bond donors (Lipinski definition) is 1. The van der Waals surface area contributed by atoms with E-state index in [4.69, 9.17) is 0 Å². The number of hydrogen-bond acceptors (Lipinski definition) is 3. The van der Waals surface area contributed by atoms with Gasteiger partial charge in [-0.1, -0.05) is 55.5 Å². The molecule has 0 saturated carbocycles. The predicted octanol–water partition coefficient (Wildman–Crippen LogP) is 3.73. The maximum atomic E-state index is 12.5. The minimum absolute atomic E-state index is 0.0208. The van der Waals surface area contributed by atoms with Crippen molar-refractivity contribution in [2.45, 2.75) is 19.8 Å². The molecule has 2 aromatic carbocycles. The van der Waals surface area contributed by atoms with Crippen molar-refractivity contribution in [1.82, 2.24) is 9.78 Å². The second-order valence-electron chi connectivity index (χ2n) is 6.09. The molecule has 130 valence electrons. The second kappa shape index (κ2) is 7.11. The molecule has 0 bridgehead atoms. The van der Waals surface area contributed by atoms with Gasteiger partial charge in [0.1, 0.15) is 0 Å². The Labute approximate surface area is 148 Å². The van der Waals surface area contributed by atoms with Gasteiger partial charge in [0.25, 0.3) is 0 Å². The molecule has 1 heterocycles. The number of rotatable bonds is 6. The average molecular weight is 355 g/mol. The maximum Gasteiger partial charge on any atom is 0.233 e. The van der Waals surface area contributed by atoms with Crippen LogP contribution in [0.4, 0.5) is 5.69 Å². The molecular formula is C19H21N3O2S. The van der Waals surface area contributed by atoms with E-state index in [1.54, 1.807) is 10.9 Å².